The molecule has 0 unspecified atom stereocenters. The van der Waals surface area contributed by atoms with Gasteiger partial charge in [-0.05, 0) is 54.8 Å². The third-order valence-corrected chi connectivity index (χ3v) is 4.24. The molecule has 1 fully saturated rings. The number of piperidine rings is 1. The summed E-state index contributed by atoms with van der Waals surface area (Å²) in [5.74, 6) is 0. The van der Waals surface area contributed by atoms with E-state index in [1.165, 1.54) is 49.0 Å². The number of hydrogen-bond donors (Lipinski definition) is 0. The van der Waals surface area contributed by atoms with Crippen molar-refractivity contribution in [2.45, 2.75) is 25.8 Å². The predicted octanol–water partition coefficient (Wildman–Crippen LogP) is 4.99. The summed E-state index contributed by atoms with van der Waals surface area (Å²) in [6, 6.07) is 16.9. The maximum atomic E-state index is 5.93. The first kappa shape index (κ1) is 13.7. The second-order valence-corrected chi connectivity index (χ2v) is 5.98. The summed E-state index contributed by atoms with van der Waals surface area (Å²) in [7, 11) is 0. The lowest BCUT2D eigenvalue weighted by Gasteiger charge is -2.26. The minimum absolute atomic E-state index is 0.787. The van der Waals surface area contributed by atoms with E-state index in [1.807, 2.05) is 12.1 Å². The van der Waals surface area contributed by atoms with Crippen LogP contribution in [0, 0.1) is 0 Å². The van der Waals surface area contributed by atoms with Crippen molar-refractivity contribution in [2.24, 2.45) is 0 Å². The van der Waals surface area contributed by atoms with Gasteiger partial charge in [-0.2, -0.15) is 0 Å². The van der Waals surface area contributed by atoms with Crippen molar-refractivity contribution in [1.29, 1.82) is 0 Å². The van der Waals surface area contributed by atoms with E-state index in [4.69, 9.17) is 11.6 Å². The van der Waals surface area contributed by atoms with Crippen molar-refractivity contribution in [3.05, 3.63) is 59.1 Å². The first-order valence-corrected chi connectivity index (χ1v) is 7.76. The summed E-state index contributed by atoms with van der Waals surface area (Å²) in [5.41, 5.74) is 3.88. The van der Waals surface area contributed by atoms with Gasteiger partial charge in [-0.25, -0.2) is 0 Å². The SMILES string of the molecule is Clc1ccc(-c2ccc(CN3CCCCC3)cc2)cc1. The van der Waals surface area contributed by atoms with Crippen LogP contribution in [-0.4, -0.2) is 18.0 Å². The number of halogens is 1. The predicted molar refractivity (Wildman–Crippen MR) is 86.0 cm³/mol. The van der Waals surface area contributed by atoms with E-state index in [1.54, 1.807) is 0 Å². The lowest BCUT2D eigenvalue weighted by atomic mass is 10.0. The minimum Gasteiger partial charge on any atom is -0.299 e. The molecule has 0 aliphatic carbocycles. The molecule has 1 nitrogen and oxygen atoms in total. The Hall–Kier alpha value is -1.31. The van der Waals surface area contributed by atoms with Crippen molar-refractivity contribution in [3.63, 3.8) is 0 Å². The Kier molecular flexibility index (Phi) is 4.39. The van der Waals surface area contributed by atoms with Crippen LogP contribution in [0.1, 0.15) is 24.8 Å². The number of likely N-dealkylation sites (tertiary alicyclic amines) is 1. The van der Waals surface area contributed by atoms with Crippen LogP contribution in [0.3, 0.4) is 0 Å². The molecule has 0 bridgehead atoms. The normalized spacial score (nSPS) is 16.2. The van der Waals surface area contributed by atoms with Crippen LogP contribution >= 0.6 is 11.6 Å². The fourth-order valence-electron chi connectivity index (χ4n) is 2.82. The van der Waals surface area contributed by atoms with Gasteiger partial charge >= 0.3 is 0 Å². The maximum absolute atomic E-state index is 5.93. The Labute approximate surface area is 126 Å². The summed E-state index contributed by atoms with van der Waals surface area (Å²) in [6.07, 6.45) is 4.09. The van der Waals surface area contributed by atoms with Gasteiger partial charge in [0.05, 0.1) is 0 Å². The van der Waals surface area contributed by atoms with Gasteiger partial charge in [0.25, 0.3) is 0 Å². The fourth-order valence-corrected chi connectivity index (χ4v) is 2.95. The van der Waals surface area contributed by atoms with Crippen LogP contribution in [-0.2, 0) is 6.54 Å². The van der Waals surface area contributed by atoms with Crippen LogP contribution in [0.25, 0.3) is 11.1 Å². The molecular weight excluding hydrogens is 266 g/mol. The van der Waals surface area contributed by atoms with Crippen LogP contribution in [0.5, 0.6) is 0 Å². The molecule has 0 saturated carbocycles. The molecule has 2 aromatic rings. The van der Waals surface area contributed by atoms with Gasteiger partial charge in [-0.15, -0.1) is 0 Å². The molecule has 0 atom stereocenters. The molecule has 2 aromatic carbocycles. The molecule has 3 rings (SSSR count). The molecule has 1 heterocycles. The smallest absolute Gasteiger partial charge is 0.0406 e. The van der Waals surface area contributed by atoms with Crippen LogP contribution in [0.15, 0.2) is 48.5 Å². The standard InChI is InChI=1S/C18H20ClN/c19-18-10-8-17(9-11-18)16-6-4-15(5-7-16)14-20-12-2-1-3-13-20/h4-11H,1-3,12-14H2. The van der Waals surface area contributed by atoms with Gasteiger partial charge in [-0.3, -0.25) is 4.90 Å². The van der Waals surface area contributed by atoms with E-state index >= 15 is 0 Å². The third-order valence-electron chi connectivity index (χ3n) is 3.99. The highest BCUT2D eigenvalue weighted by molar-refractivity contribution is 6.30. The van der Waals surface area contributed by atoms with E-state index in [2.05, 4.69) is 41.3 Å². The topological polar surface area (TPSA) is 3.24 Å². The zero-order valence-electron chi connectivity index (χ0n) is 11.7. The zero-order valence-corrected chi connectivity index (χ0v) is 12.4. The van der Waals surface area contributed by atoms with E-state index in [0.29, 0.717) is 0 Å². The largest absolute Gasteiger partial charge is 0.299 e. The van der Waals surface area contributed by atoms with Gasteiger partial charge in [-0.1, -0.05) is 54.4 Å². The Morgan fingerprint density at radius 2 is 1.30 bits per heavy atom. The number of benzene rings is 2. The van der Waals surface area contributed by atoms with Crippen LogP contribution in [0.2, 0.25) is 5.02 Å². The molecule has 104 valence electrons. The molecule has 20 heavy (non-hydrogen) atoms. The summed E-state index contributed by atoms with van der Waals surface area (Å²) < 4.78 is 0. The van der Waals surface area contributed by atoms with Gasteiger partial charge in [0.15, 0.2) is 0 Å². The van der Waals surface area contributed by atoms with E-state index < -0.39 is 0 Å². The zero-order chi connectivity index (χ0) is 13.8. The number of nitrogens with zero attached hydrogens (tertiary/aromatic N) is 1. The van der Waals surface area contributed by atoms with Gasteiger partial charge in [0.1, 0.15) is 0 Å². The minimum atomic E-state index is 0.787. The average molecular weight is 286 g/mol. The van der Waals surface area contributed by atoms with Crippen LogP contribution < -0.4 is 0 Å². The lowest BCUT2D eigenvalue weighted by Crippen LogP contribution is -2.28. The highest BCUT2D eigenvalue weighted by Gasteiger charge is 2.10. The molecule has 1 aliphatic heterocycles. The molecular formula is C18H20ClN. The summed E-state index contributed by atoms with van der Waals surface area (Å²) in [6.45, 7) is 3.58. The van der Waals surface area contributed by atoms with Gasteiger partial charge in [0, 0.05) is 11.6 Å². The Morgan fingerprint density at radius 1 is 0.750 bits per heavy atom. The summed E-state index contributed by atoms with van der Waals surface area (Å²) in [4.78, 5) is 2.56. The van der Waals surface area contributed by atoms with E-state index in [9.17, 15) is 0 Å². The molecule has 0 spiro atoms. The van der Waals surface area contributed by atoms with E-state index in [-0.39, 0.29) is 0 Å². The van der Waals surface area contributed by atoms with Crippen molar-refractivity contribution in [2.75, 3.05) is 13.1 Å². The van der Waals surface area contributed by atoms with Crippen molar-refractivity contribution in [1.82, 2.24) is 4.90 Å². The quantitative estimate of drug-likeness (QED) is 0.768. The molecule has 1 saturated heterocycles. The first-order valence-electron chi connectivity index (χ1n) is 7.38. The highest BCUT2D eigenvalue weighted by Crippen LogP contribution is 2.22. The Morgan fingerprint density at radius 3 is 1.90 bits per heavy atom. The van der Waals surface area contributed by atoms with Crippen molar-refractivity contribution in [3.8, 4) is 11.1 Å². The number of hydrogen-bond acceptors (Lipinski definition) is 1. The average Bonchev–Trinajstić information content (AvgIpc) is 2.50. The Bertz CT molecular complexity index is 539. The monoisotopic (exact) mass is 285 g/mol. The molecule has 2 heteroatoms. The molecule has 0 amide bonds. The molecule has 0 radical (unpaired) electrons. The fraction of sp³-hybridized carbons (Fsp3) is 0.333. The molecule has 0 aromatic heterocycles. The van der Waals surface area contributed by atoms with Gasteiger partial charge in [0.2, 0.25) is 0 Å². The first-order chi connectivity index (χ1) is 9.81. The Balaban J connectivity index is 1.69. The lowest BCUT2D eigenvalue weighted by molar-refractivity contribution is 0.221. The summed E-state index contributed by atoms with van der Waals surface area (Å²) in [5, 5.41) is 0.787. The molecule has 1 aliphatic rings. The van der Waals surface area contributed by atoms with E-state index in [0.717, 1.165) is 11.6 Å². The molecule has 0 N–H and O–H groups in total. The third kappa shape index (κ3) is 3.41. The summed E-state index contributed by atoms with van der Waals surface area (Å²) >= 11 is 5.93. The second kappa shape index (κ2) is 6.43. The van der Waals surface area contributed by atoms with Crippen LogP contribution in [0.4, 0.5) is 0 Å². The number of rotatable bonds is 3. The van der Waals surface area contributed by atoms with Crippen molar-refractivity contribution >= 4 is 11.6 Å². The highest BCUT2D eigenvalue weighted by atomic mass is 35.5. The second-order valence-electron chi connectivity index (χ2n) is 5.54. The maximum Gasteiger partial charge on any atom is 0.0406 e. The van der Waals surface area contributed by atoms with Gasteiger partial charge < -0.3 is 0 Å². The van der Waals surface area contributed by atoms with Crippen molar-refractivity contribution < 1.29 is 0 Å².